The van der Waals surface area contributed by atoms with Crippen molar-refractivity contribution in [3.8, 4) is 0 Å². The van der Waals surface area contributed by atoms with E-state index >= 15 is 0 Å². The van der Waals surface area contributed by atoms with Crippen molar-refractivity contribution in [2.45, 2.75) is 26.5 Å². The first-order chi connectivity index (χ1) is 6.99. The van der Waals surface area contributed by atoms with Gasteiger partial charge in [0.25, 0.3) is 0 Å². The third-order valence-corrected chi connectivity index (χ3v) is 2.26. The number of carbonyl (C=O) groups excluding carboxylic acids is 1. The highest BCUT2D eigenvalue weighted by molar-refractivity contribution is 9.10. The van der Waals surface area contributed by atoms with Crippen LogP contribution in [0.4, 0.5) is 4.79 Å². The van der Waals surface area contributed by atoms with Gasteiger partial charge in [0.15, 0.2) is 0 Å². The minimum absolute atomic E-state index is 0.0738. The Morgan fingerprint density at radius 1 is 1.73 bits per heavy atom. The van der Waals surface area contributed by atoms with Gasteiger partial charge >= 0.3 is 6.09 Å². The highest BCUT2D eigenvalue weighted by Crippen LogP contribution is 2.14. The zero-order valence-electron chi connectivity index (χ0n) is 8.95. The molecule has 0 fully saturated rings. The second kappa shape index (κ2) is 5.16. The zero-order chi connectivity index (χ0) is 11.4. The lowest BCUT2D eigenvalue weighted by Gasteiger charge is -2.08. The predicted molar refractivity (Wildman–Crippen MR) is 59.4 cm³/mol. The van der Waals surface area contributed by atoms with Crippen LogP contribution in [0.5, 0.6) is 0 Å². The molecule has 84 valence electrons. The summed E-state index contributed by atoms with van der Waals surface area (Å²) in [7, 11) is 1.81. The average molecular weight is 276 g/mol. The minimum atomic E-state index is -0.428. The number of halogens is 1. The van der Waals surface area contributed by atoms with Gasteiger partial charge in [0, 0.05) is 19.3 Å². The third kappa shape index (κ3) is 3.91. The topological polar surface area (TPSA) is 56.1 Å². The molecule has 1 aromatic heterocycles. The lowest BCUT2D eigenvalue weighted by atomic mass is 10.4. The van der Waals surface area contributed by atoms with Gasteiger partial charge < -0.3 is 10.1 Å². The van der Waals surface area contributed by atoms with Crippen molar-refractivity contribution < 1.29 is 9.53 Å². The van der Waals surface area contributed by atoms with Gasteiger partial charge in [-0.15, -0.1) is 0 Å². The number of aromatic nitrogens is 2. The van der Waals surface area contributed by atoms with E-state index in [1.807, 2.05) is 20.9 Å². The maximum Gasteiger partial charge on any atom is 0.407 e. The quantitative estimate of drug-likeness (QED) is 0.916. The Morgan fingerprint density at radius 2 is 2.40 bits per heavy atom. The van der Waals surface area contributed by atoms with Gasteiger partial charge in [-0.25, -0.2) is 4.79 Å². The molecular weight excluding hydrogens is 262 g/mol. The maximum atomic E-state index is 11.2. The Kier molecular flexibility index (Phi) is 4.14. The van der Waals surface area contributed by atoms with E-state index in [-0.39, 0.29) is 12.6 Å². The van der Waals surface area contributed by atoms with Crippen LogP contribution in [-0.4, -0.2) is 21.9 Å². The molecule has 1 N–H and O–H groups in total. The van der Waals surface area contributed by atoms with Gasteiger partial charge in [0.1, 0.15) is 12.3 Å². The predicted octanol–water partition coefficient (Wildman–Crippen LogP) is 1.82. The number of hydrogen-bond acceptors (Lipinski definition) is 3. The fourth-order valence-electron chi connectivity index (χ4n) is 1.01. The van der Waals surface area contributed by atoms with Crippen molar-refractivity contribution in [2.75, 3.05) is 0 Å². The summed E-state index contributed by atoms with van der Waals surface area (Å²) in [6.07, 6.45) is 1.38. The van der Waals surface area contributed by atoms with Gasteiger partial charge in [-0.05, 0) is 29.8 Å². The number of alkyl carbamates (subject to hydrolysis) is 1. The van der Waals surface area contributed by atoms with E-state index in [9.17, 15) is 4.79 Å². The summed E-state index contributed by atoms with van der Waals surface area (Å²) in [6, 6.07) is 0.0738. The fraction of sp³-hybridized carbons (Fsp3) is 0.556. The smallest absolute Gasteiger partial charge is 0.407 e. The summed E-state index contributed by atoms with van der Waals surface area (Å²) in [5.74, 6) is 0. The van der Waals surface area contributed by atoms with Crippen molar-refractivity contribution >= 4 is 22.0 Å². The van der Waals surface area contributed by atoms with E-state index in [0.717, 1.165) is 4.47 Å². The number of ether oxygens (including phenoxy) is 1. The van der Waals surface area contributed by atoms with Crippen LogP contribution in [-0.2, 0) is 18.4 Å². The monoisotopic (exact) mass is 275 g/mol. The molecule has 0 saturated carbocycles. The lowest BCUT2D eigenvalue weighted by Crippen LogP contribution is -2.30. The Labute approximate surface area is 96.9 Å². The number of aryl methyl sites for hydroxylation is 1. The van der Waals surface area contributed by atoms with Crippen LogP contribution in [0.25, 0.3) is 0 Å². The van der Waals surface area contributed by atoms with Crippen LogP contribution < -0.4 is 5.32 Å². The van der Waals surface area contributed by atoms with Crippen molar-refractivity contribution in [1.29, 1.82) is 0 Å². The molecule has 1 rings (SSSR count). The van der Waals surface area contributed by atoms with E-state index in [4.69, 9.17) is 4.74 Å². The maximum absolute atomic E-state index is 11.2. The van der Waals surface area contributed by atoms with Crippen LogP contribution in [0.1, 0.15) is 19.5 Å². The summed E-state index contributed by atoms with van der Waals surface area (Å²) >= 11 is 3.32. The first-order valence-electron chi connectivity index (χ1n) is 4.60. The number of nitrogens with zero attached hydrogens (tertiary/aromatic N) is 2. The summed E-state index contributed by atoms with van der Waals surface area (Å²) in [6.45, 7) is 3.91. The largest absolute Gasteiger partial charge is 0.443 e. The second-order valence-corrected chi connectivity index (χ2v) is 4.33. The number of carbonyl (C=O) groups is 1. The van der Waals surface area contributed by atoms with Crippen LogP contribution in [0, 0.1) is 0 Å². The normalized spacial score (nSPS) is 10.5. The standard InChI is InChI=1S/C9H14BrN3O2/c1-6(2)11-9(14)15-5-8-7(10)4-13(3)12-8/h4,6H,5H2,1-3H3,(H,11,14). The molecule has 1 amide bonds. The van der Waals surface area contributed by atoms with E-state index in [2.05, 4.69) is 26.3 Å². The van der Waals surface area contributed by atoms with Gasteiger partial charge in [-0.2, -0.15) is 5.10 Å². The first kappa shape index (κ1) is 12.0. The Balaban J connectivity index is 2.43. The van der Waals surface area contributed by atoms with Gasteiger partial charge in [0.2, 0.25) is 0 Å². The van der Waals surface area contributed by atoms with E-state index in [1.165, 1.54) is 0 Å². The van der Waals surface area contributed by atoms with Crippen molar-refractivity contribution in [1.82, 2.24) is 15.1 Å². The molecule has 0 saturated heterocycles. The van der Waals surface area contributed by atoms with Gasteiger partial charge in [-0.3, -0.25) is 4.68 Å². The molecule has 1 aromatic rings. The molecule has 0 bridgehead atoms. The minimum Gasteiger partial charge on any atom is -0.443 e. The molecule has 0 aromatic carbocycles. The molecule has 0 atom stereocenters. The number of nitrogens with one attached hydrogen (secondary N) is 1. The molecule has 0 aliphatic rings. The Morgan fingerprint density at radius 3 is 2.87 bits per heavy atom. The molecule has 0 spiro atoms. The van der Waals surface area contributed by atoms with Crippen molar-refractivity contribution in [2.24, 2.45) is 7.05 Å². The number of rotatable bonds is 3. The summed E-state index contributed by atoms with van der Waals surface area (Å²) in [5, 5.41) is 6.75. The fourth-order valence-corrected chi connectivity index (χ4v) is 1.50. The highest BCUT2D eigenvalue weighted by atomic mass is 79.9. The van der Waals surface area contributed by atoms with Crippen LogP contribution in [0.3, 0.4) is 0 Å². The summed E-state index contributed by atoms with van der Waals surface area (Å²) in [5.41, 5.74) is 0.705. The van der Waals surface area contributed by atoms with E-state index < -0.39 is 6.09 Å². The van der Waals surface area contributed by atoms with Crippen LogP contribution in [0.15, 0.2) is 10.7 Å². The first-order valence-corrected chi connectivity index (χ1v) is 5.39. The highest BCUT2D eigenvalue weighted by Gasteiger charge is 2.09. The Bertz CT molecular complexity index is 349. The van der Waals surface area contributed by atoms with E-state index in [1.54, 1.807) is 10.9 Å². The molecule has 1 heterocycles. The van der Waals surface area contributed by atoms with Crippen LogP contribution in [0.2, 0.25) is 0 Å². The van der Waals surface area contributed by atoms with Gasteiger partial charge in [-0.1, -0.05) is 0 Å². The number of amides is 1. The molecule has 0 aliphatic carbocycles. The number of hydrogen-bond donors (Lipinski definition) is 1. The average Bonchev–Trinajstić information content (AvgIpc) is 2.40. The zero-order valence-corrected chi connectivity index (χ0v) is 10.5. The molecule has 0 radical (unpaired) electrons. The summed E-state index contributed by atoms with van der Waals surface area (Å²) in [4.78, 5) is 11.2. The molecular formula is C9H14BrN3O2. The SMILES string of the molecule is CC(C)NC(=O)OCc1nn(C)cc1Br. The van der Waals surface area contributed by atoms with E-state index in [0.29, 0.717) is 5.69 Å². The molecule has 6 heteroatoms. The van der Waals surface area contributed by atoms with Crippen molar-refractivity contribution in [3.05, 3.63) is 16.4 Å². The van der Waals surface area contributed by atoms with Gasteiger partial charge in [0.05, 0.1) is 4.47 Å². The summed E-state index contributed by atoms with van der Waals surface area (Å²) < 4.78 is 7.47. The lowest BCUT2D eigenvalue weighted by molar-refractivity contribution is 0.135. The van der Waals surface area contributed by atoms with Crippen LogP contribution >= 0.6 is 15.9 Å². The molecule has 0 aliphatic heterocycles. The molecule has 5 nitrogen and oxygen atoms in total. The third-order valence-electron chi connectivity index (χ3n) is 1.60. The second-order valence-electron chi connectivity index (χ2n) is 3.47. The molecule has 0 unspecified atom stereocenters. The Hall–Kier alpha value is -1.04. The molecule has 15 heavy (non-hydrogen) atoms. The van der Waals surface area contributed by atoms with Crippen molar-refractivity contribution in [3.63, 3.8) is 0 Å².